The van der Waals surface area contributed by atoms with Crippen molar-refractivity contribution < 1.29 is 4.74 Å². The number of anilines is 1. The van der Waals surface area contributed by atoms with Gasteiger partial charge in [-0.25, -0.2) is 0 Å². The van der Waals surface area contributed by atoms with E-state index in [4.69, 9.17) is 4.74 Å². The van der Waals surface area contributed by atoms with Gasteiger partial charge >= 0.3 is 0 Å². The first-order valence-corrected chi connectivity index (χ1v) is 7.29. The molecule has 0 amide bonds. The Morgan fingerprint density at radius 3 is 2.86 bits per heavy atom. The molecule has 0 atom stereocenters. The van der Waals surface area contributed by atoms with Crippen molar-refractivity contribution in [1.29, 1.82) is 0 Å². The summed E-state index contributed by atoms with van der Waals surface area (Å²) in [6, 6.07) is 9.97. The van der Waals surface area contributed by atoms with Gasteiger partial charge in [0.05, 0.1) is 0 Å². The van der Waals surface area contributed by atoms with E-state index in [1.165, 1.54) is 0 Å². The van der Waals surface area contributed by atoms with Gasteiger partial charge in [-0.15, -0.1) is 0 Å². The van der Waals surface area contributed by atoms with Gasteiger partial charge in [-0.3, -0.25) is 4.98 Å². The minimum Gasteiger partial charge on any atom is -0.457 e. The van der Waals surface area contributed by atoms with Gasteiger partial charge in [0.15, 0.2) is 0 Å². The first-order valence-electron chi connectivity index (χ1n) is 7.29. The van der Waals surface area contributed by atoms with E-state index in [1.54, 1.807) is 6.20 Å². The average Bonchev–Trinajstić information content (AvgIpc) is 2.49. The Labute approximate surface area is 126 Å². The highest BCUT2D eigenvalue weighted by Gasteiger charge is 2.06. The number of rotatable bonds is 7. The van der Waals surface area contributed by atoms with Gasteiger partial charge in [0, 0.05) is 50.4 Å². The van der Waals surface area contributed by atoms with E-state index in [1.807, 2.05) is 44.6 Å². The molecule has 0 aliphatic rings. The highest BCUT2D eigenvalue weighted by molar-refractivity contribution is 5.50. The largest absolute Gasteiger partial charge is 0.457 e. The Hall–Kier alpha value is -2.07. The zero-order chi connectivity index (χ0) is 15.1. The summed E-state index contributed by atoms with van der Waals surface area (Å²) < 4.78 is 6.02. The van der Waals surface area contributed by atoms with E-state index in [2.05, 4.69) is 28.2 Å². The summed E-state index contributed by atoms with van der Waals surface area (Å²) in [6.07, 6.45) is 4.73. The third-order valence-electron chi connectivity index (χ3n) is 3.16. The molecule has 4 heteroatoms. The predicted octanol–water partition coefficient (Wildman–Crippen LogP) is 3.44. The Morgan fingerprint density at radius 1 is 1.24 bits per heavy atom. The molecule has 0 saturated carbocycles. The van der Waals surface area contributed by atoms with Crippen molar-refractivity contribution in [1.82, 2.24) is 10.3 Å². The van der Waals surface area contributed by atoms with Gasteiger partial charge in [0.25, 0.3) is 0 Å². The fourth-order valence-electron chi connectivity index (χ4n) is 2.00. The second kappa shape index (κ2) is 7.64. The molecule has 0 saturated heterocycles. The van der Waals surface area contributed by atoms with Crippen LogP contribution in [-0.2, 0) is 6.54 Å². The quantitative estimate of drug-likeness (QED) is 0.791. The van der Waals surface area contributed by atoms with Gasteiger partial charge in [-0.2, -0.15) is 0 Å². The van der Waals surface area contributed by atoms with Gasteiger partial charge in [0.1, 0.15) is 11.5 Å². The molecule has 0 fully saturated rings. The van der Waals surface area contributed by atoms with Crippen molar-refractivity contribution in [2.45, 2.75) is 19.9 Å². The lowest BCUT2D eigenvalue weighted by Gasteiger charge is -2.15. The van der Waals surface area contributed by atoms with Crippen LogP contribution in [0.15, 0.2) is 42.7 Å². The third kappa shape index (κ3) is 4.46. The molecule has 1 aromatic heterocycles. The van der Waals surface area contributed by atoms with Gasteiger partial charge in [-0.05, 0) is 31.2 Å². The maximum absolute atomic E-state index is 6.02. The number of hydrogen-bond donors (Lipinski definition) is 1. The molecule has 2 rings (SSSR count). The van der Waals surface area contributed by atoms with Crippen LogP contribution in [0.3, 0.4) is 0 Å². The van der Waals surface area contributed by atoms with E-state index in [9.17, 15) is 0 Å². The lowest BCUT2D eigenvalue weighted by Crippen LogP contribution is -2.14. The predicted molar refractivity (Wildman–Crippen MR) is 87.1 cm³/mol. The molecular weight excluding hydrogens is 262 g/mol. The molecule has 1 heterocycles. The molecular formula is C17H23N3O. The smallest absolute Gasteiger partial charge is 0.134 e. The van der Waals surface area contributed by atoms with Crippen LogP contribution in [0.4, 0.5) is 5.69 Å². The average molecular weight is 285 g/mol. The van der Waals surface area contributed by atoms with Crippen LogP contribution in [0.2, 0.25) is 0 Å². The van der Waals surface area contributed by atoms with Crippen LogP contribution in [0.5, 0.6) is 11.5 Å². The maximum Gasteiger partial charge on any atom is 0.134 e. The first-order chi connectivity index (χ1) is 10.2. The SMILES string of the molecule is CCCNCc1cnccc1Oc1cccc(N(C)C)c1. The summed E-state index contributed by atoms with van der Waals surface area (Å²) >= 11 is 0. The summed E-state index contributed by atoms with van der Waals surface area (Å²) in [5.41, 5.74) is 2.19. The molecule has 1 aromatic carbocycles. The fraction of sp³-hybridized carbons (Fsp3) is 0.353. The topological polar surface area (TPSA) is 37.4 Å². The standard InChI is InChI=1S/C17H23N3O/c1-4-9-18-12-14-13-19-10-8-17(14)21-16-7-5-6-15(11-16)20(2)3/h5-8,10-11,13,18H,4,9,12H2,1-3H3. The van der Waals surface area contributed by atoms with E-state index >= 15 is 0 Å². The number of ether oxygens (including phenoxy) is 1. The van der Waals surface area contributed by atoms with Crippen molar-refractivity contribution in [2.24, 2.45) is 0 Å². The molecule has 0 unspecified atom stereocenters. The Balaban J connectivity index is 2.13. The molecule has 0 aliphatic heterocycles. The van der Waals surface area contributed by atoms with Crippen molar-refractivity contribution >= 4 is 5.69 Å². The Kier molecular flexibility index (Phi) is 5.58. The summed E-state index contributed by atoms with van der Waals surface area (Å²) in [5, 5.41) is 3.38. The van der Waals surface area contributed by atoms with Crippen molar-refractivity contribution in [3.05, 3.63) is 48.3 Å². The van der Waals surface area contributed by atoms with Gasteiger partial charge in [-0.1, -0.05) is 13.0 Å². The molecule has 112 valence electrons. The highest BCUT2D eigenvalue weighted by atomic mass is 16.5. The van der Waals surface area contributed by atoms with Crippen LogP contribution < -0.4 is 15.0 Å². The zero-order valence-electron chi connectivity index (χ0n) is 13.0. The number of nitrogens with zero attached hydrogens (tertiary/aromatic N) is 2. The monoisotopic (exact) mass is 285 g/mol. The summed E-state index contributed by atoms with van der Waals surface area (Å²) in [6.45, 7) is 3.91. The second-order valence-corrected chi connectivity index (χ2v) is 5.15. The van der Waals surface area contributed by atoms with Crippen molar-refractivity contribution in [2.75, 3.05) is 25.5 Å². The third-order valence-corrected chi connectivity index (χ3v) is 3.16. The number of nitrogens with one attached hydrogen (secondary N) is 1. The lowest BCUT2D eigenvalue weighted by molar-refractivity contribution is 0.471. The van der Waals surface area contributed by atoms with E-state index in [-0.39, 0.29) is 0 Å². The zero-order valence-corrected chi connectivity index (χ0v) is 13.0. The molecule has 0 bridgehead atoms. The number of pyridine rings is 1. The maximum atomic E-state index is 6.02. The minimum absolute atomic E-state index is 0.768. The Bertz CT molecular complexity index is 569. The molecule has 0 radical (unpaired) electrons. The summed E-state index contributed by atoms with van der Waals surface area (Å²) in [4.78, 5) is 6.24. The Morgan fingerprint density at radius 2 is 2.10 bits per heavy atom. The summed E-state index contributed by atoms with van der Waals surface area (Å²) in [7, 11) is 4.04. The fourth-order valence-corrected chi connectivity index (χ4v) is 2.00. The van der Waals surface area contributed by atoms with Crippen LogP contribution >= 0.6 is 0 Å². The van der Waals surface area contributed by atoms with Crippen LogP contribution in [0.1, 0.15) is 18.9 Å². The van der Waals surface area contributed by atoms with Crippen LogP contribution in [-0.4, -0.2) is 25.6 Å². The number of benzene rings is 1. The second-order valence-electron chi connectivity index (χ2n) is 5.15. The highest BCUT2D eigenvalue weighted by Crippen LogP contribution is 2.27. The van der Waals surface area contributed by atoms with Crippen molar-refractivity contribution in [3.8, 4) is 11.5 Å². The van der Waals surface area contributed by atoms with Crippen molar-refractivity contribution in [3.63, 3.8) is 0 Å². The van der Waals surface area contributed by atoms with Gasteiger partial charge in [0.2, 0.25) is 0 Å². The molecule has 0 aliphatic carbocycles. The first kappa shape index (κ1) is 15.3. The lowest BCUT2D eigenvalue weighted by atomic mass is 10.2. The van der Waals surface area contributed by atoms with Crippen LogP contribution in [0.25, 0.3) is 0 Å². The van der Waals surface area contributed by atoms with E-state index in [0.717, 1.165) is 42.3 Å². The van der Waals surface area contributed by atoms with Crippen LogP contribution in [0, 0.1) is 0 Å². The van der Waals surface area contributed by atoms with Gasteiger partial charge < -0.3 is 15.0 Å². The molecule has 0 spiro atoms. The molecule has 1 N–H and O–H groups in total. The molecule has 21 heavy (non-hydrogen) atoms. The van der Waals surface area contributed by atoms with E-state index in [0.29, 0.717) is 0 Å². The molecule has 4 nitrogen and oxygen atoms in total. The van der Waals surface area contributed by atoms with E-state index < -0.39 is 0 Å². The summed E-state index contributed by atoms with van der Waals surface area (Å²) in [5.74, 6) is 1.69. The number of aromatic nitrogens is 1. The number of hydrogen-bond acceptors (Lipinski definition) is 4. The normalized spacial score (nSPS) is 10.4. The minimum atomic E-state index is 0.768. The molecule has 2 aromatic rings.